The molecule has 0 amide bonds. The molecule has 1 rings (SSSR count). The van der Waals surface area contributed by atoms with E-state index in [9.17, 15) is 0 Å². The molecule has 64 valence electrons. The van der Waals surface area contributed by atoms with E-state index in [1.54, 1.807) is 0 Å². The first kappa shape index (κ1) is 8.69. The second kappa shape index (κ2) is 2.92. The quantitative estimate of drug-likeness (QED) is 0.584. The minimum absolute atomic E-state index is 0.406. The Morgan fingerprint density at radius 1 is 1.45 bits per heavy atom. The molecule has 0 bridgehead atoms. The Bertz CT molecular complexity index is 161. The van der Waals surface area contributed by atoms with Gasteiger partial charge in [0.1, 0.15) is 0 Å². The van der Waals surface area contributed by atoms with Crippen LogP contribution in [0.25, 0.3) is 0 Å². The summed E-state index contributed by atoms with van der Waals surface area (Å²) >= 11 is 0. The number of nitrogens with zero attached hydrogens (tertiary/aromatic N) is 2. The molecule has 1 aliphatic heterocycles. The van der Waals surface area contributed by atoms with Crippen LogP contribution < -0.4 is 0 Å². The van der Waals surface area contributed by atoms with E-state index in [0.29, 0.717) is 17.4 Å². The SMILES string of the molecule is CCC(C)(C)C1CN=NC1C. The summed E-state index contributed by atoms with van der Waals surface area (Å²) in [5.41, 5.74) is 0.406. The van der Waals surface area contributed by atoms with Gasteiger partial charge in [0.25, 0.3) is 0 Å². The third-order valence-electron chi connectivity index (χ3n) is 3.04. The summed E-state index contributed by atoms with van der Waals surface area (Å²) in [4.78, 5) is 0. The molecule has 0 N–H and O–H groups in total. The third kappa shape index (κ3) is 1.60. The Morgan fingerprint density at radius 3 is 2.45 bits per heavy atom. The van der Waals surface area contributed by atoms with E-state index < -0.39 is 0 Å². The standard InChI is InChI=1S/C9H18N2/c1-5-9(3,4)8-6-10-11-7(8)2/h7-8H,5-6H2,1-4H3. The van der Waals surface area contributed by atoms with Crippen LogP contribution in [0.15, 0.2) is 10.2 Å². The van der Waals surface area contributed by atoms with Gasteiger partial charge in [-0.05, 0) is 12.3 Å². The maximum atomic E-state index is 4.16. The molecule has 2 nitrogen and oxygen atoms in total. The second-order valence-corrected chi connectivity index (χ2v) is 4.13. The predicted molar refractivity (Wildman–Crippen MR) is 46.7 cm³/mol. The average molecular weight is 154 g/mol. The van der Waals surface area contributed by atoms with E-state index in [2.05, 4.69) is 37.9 Å². The van der Waals surface area contributed by atoms with Crippen molar-refractivity contribution in [3.8, 4) is 0 Å². The van der Waals surface area contributed by atoms with Crippen LogP contribution >= 0.6 is 0 Å². The van der Waals surface area contributed by atoms with E-state index in [1.165, 1.54) is 6.42 Å². The molecule has 11 heavy (non-hydrogen) atoms. The van der Waals surface area contributed by atoms with Gasteiger partial charge in [-0.25, -0.2) is 0 Å². The van der Waals surface area contributed by atoms with Gasteiger partial charge < -0.3 is 0 Å². The van der Waals surface area contributed by atoms with Crippen LogP contribution in [0.3, 0.4) is 0 Å². The smallest absolute Gasteiger partial charge is 0.0731 e. The van der Waals surface area contributed by atoms with Crippen molar-refractivity contribution >= 4 is 0 Å². The Morgan fingerprint density at radius 2 is 2.09 bits per heavy atom. The first-order valence-electron chi connectivity index (χ1n) is 4.44. The lowest BCUT2D eigenvalue weighted by Crippen LogP contribution is -2.30. The molecule has 0 fully saturated rings. The molecule has 0 saturated heterocycles. The summed E-state index contributed by atoms with van der Waals surface area (Å²) in [7, 11) is 0. The second-order valence-electron chi connectivity index (χ2n) is 4.13. The van der Waals surface area contributed by atoms with Crippen LogP contribution in [0.5, 0.6) is 0 Å². The van der Waals surface area contributed by atoms with Crippen molar-refractivity contribution in [2.75, 3.05) is 6.54 Å². The van der Waals surface area contributed by atoms with Gasteiger partial charge in [0.15, 0.2) is 0 Å². The predicted octanol–water partition coefficient (Wildman–Crippen LogP) is 2.89. The van der Waals surface area contributed by atoms with Crippen molar-refractivity contribution < 1.29 is 0 Å². The van der Waals surface area contributed by atoms with Crippen molar-refractivity contribution in [2.24, 2.45) is 21.6 Å². The first-order chi connectivity index (χ1) is 5.08. The monoisotopic (exact) mass is 154 g/mol. The summed E-state index contributed by atoms with van der Waals surface area (Å²) in [6.07, 6.45) is 1.22. The first-order valence-corrected chi connectivity index (χ1v) is 4.44. The molecule has 2 heteroatoms. The van der Waals surface area contributed by atoms with Gasteiger partial charge in [0, 0.05) is 5.92 Å². The van der Waals surface area contributed by atoms with E-state index in [0.717, 1.165) is 6.54 Å². The van der Waals surface area contributed by atoms with E-state index in [4.69, 9.17) is 0 Å². The molecule has 0 saturated carbocycles. The highest BCUT2D eigenvalue weighted by Gasteiger charge is 2.34. The summed E-state index contributed by atoms with van der Waals surface area (Å²) in [5.74, 6) is 0.660. The number of hydrogen-bond donors (Lipinski definition) is 0. The lowest BCUT2D eigenvalue weighted by atomic mass is 9.74. The van der Waals surface area contributed by atoms with Crippen molar-refractivity contribution in [3.63, 3.8) is 0 Å². The minimum atomic E-state index is 0.406. The molecule has 1 heterocycles. The molecular weight excluding hydrogens is 136 g/mol. The highest BCUT2D eigenvalue weighted by molar-refractivity contribution is 4.88. The fourth-order valence-corrected chi connectivity index (χ4v) is 1.66. The molecule has 2 atom stereocenters. The van der Waals surface area contributed by atoms with Gasteiger partial charge in [-0.3, -0.25) is 0 Å². The van der Waals surface area contributed by atoms with E-state index in [-0.39, 0.29) is 0 Å². The number of azo groups is 1. The van der Waals surface area contributed by atoms with Crippen LogP contribution in [-0.2, 0) is 0 Å². The van der Waals surface area contributed by atoms with E-state index in [1.807, 2.05) is 0 Å². The summed E-state index contributed by atoms with van der Waals surface area (Å²) in [6, 6.07) is 0.435. The average Bonchev–Trinajstić information content (AvgIpc) is 2.36. The number of rotatable bonds is 2. The molecule has 0 spiro atoms. The van der Waals surface area contributed by atoms with Crippen LogP contribution in [0.4, 0.5) is 0 Å². The number of hydrogen-bond acceptors (Lipinski definition) is 2. The van der Waals surface area contributed by atoms with Crippen molar-refractivity contribution in [1.82, 2.24) is 0 Å². The molecular formula is C9H18N2. The van der Waals surface area contributed by atoms with Gasteiger partial charge in [0.05, 0.1) is 12.6 Å². The maximum Gasteiger partial charge on any atom is 0.0731 e. The Balaban J connectivity index is 2.61. The Kier molecular flexibility index (Phi) is 2.31. The van der Waals surface area contributed by atoms with Crippen LogP contribution in [-0.4, -0.2) is 12.6 Å². The fourth-order valence-electron chi connectivity index (χ4n) is 1.66. The van der Waals surface area contributed by atoms with Gasteiger partial charge in [0.2, 0.25) is 0 Å². The molecule has 0 aromatic rings. The summed E-state index contributed by atoms with van der Waals surface area (Å²) in [6.45, 7) is 9.96. The van der Waals surface area contributed by atoms with Crippen molar-refractivity contribution in [3.05, 3.63) is 0 Å². The highest BCUT2D eigenvalue weighted by Crippen LogP contribution is 2.36. The summed E-state index contributed by atoms with van der Waals surface area (Å²) < 4.78 is 0. The topological polar surface area (TPSA) is 24.7 Å². The molecule has 0 aromatic heterocycles. The third-order valence-corrected chi connectivity index (χ3v) is 3.04. The van der Waals surface area contributed by atoms with Crippen LogP contribution in [0.2, 0.25) is 0 Å². The normalized spacial score (nSPS) is 31.3. The Hall–Kier alpha value is -0.400. The zero-order chi connectivity index (χ0) is 8.48. The highest BCUT2D eigenvalue weighted by atomic mass is 15.2. The fraction of sp³-hybridized carbons (Fsp3) is 1.00. The van der Waals surface area contributed by atoms with Gasteiger partial charge in [-0.1, -0.05) is 27.2 Å². The van der Waals surface area contributed by atoms with Gasteiger partial charge in [-0.15, -0.1) is 0 Å². The van der Waals surface area contributed by atoms with E-state index >= 15 is 0 Å². The van der Waals surface area contributed by atoms with Gasteiger partial charge >= 0.3 is 0 Å². The minimum Gasteiger partial charge on any atom is -0.194 e. The Labute approximate surface area is 69.1 Å². The van der Waals surface area contributed by atoms with Crippen molar-refractivity contribution in [2.45, 2.75) is 40.2 Å². The summed E-state index contributed by atoms with van der Waals surface area (Å²) in [5, 5.41) is 8.24. The molecule has 0 radical (unpaired) electrons. The molecule has 2 unspecified atom stereocenters. The lowest BCUT2D eigenvalue weighted by Gasteiger charge is -2.31. The zero-order valence-corrected chi connectivity index (χ0v) is 7.96. The van der Waals surface area contributed by atoms with Gasteiger partial charge in [-0.2, -0.15) is 10.2 Å². The molecule has 0 aromatic carbocycles. The van der Waals surface area contributed by atoms with Crippen LogP contribution in [0.1, 0.15) is 34.1 Å². The molecule has 0 aliphatic carbocycles. The molecule has 1 aliphatic rings. The maximum absolute atomic E-state index is 4.16. The van der Waals surface area contributed by atoms with Crippen molar-refractivity contribution in [1.29, 1.82) is 0 Å². The zero-order valence-electron chi connectivity index (χ0n) is 7.96. The van der Waals surface area contributed by atoms with Crippen LogP contribution in [0, 0.1) is 11.3 Å². The largest absolute Gasteiger partial charge is 0.194 e. The lowest BCUT2D eigenvalue weighted by molar-refractivity contribution is 0.202.